The zero-order valence-electron chi connectivity index (χ0n) is 13.6. The molecule has 1 aliphatic heterocycles. The van der Waals surface area contributed by atoms with E-state index in [1.54, 1.807) is 18.2 Å². The lowest BCUT2D eigenvalue weighted by Gasteiger charge is -2.36. The van der Waals surface area contributed by atoms with Crippen LogP contribution >= 0.6 is 0 Å². The lowest BCUT2D eigenvalue weighted by molar-refractivity contribution is 0.154. The molecular weight excluding hydrogens is 304 g/mol. The van der Waals surface area contributed by atoms with Crippen molar-refractivity contribution in [3.63, 3.8) is 0 Å². The van der Waals surface area contributed by atoms with Gasteiger partial charge < -0.3 is 9.47 Å². The van der Waals surface area contributed by atoms with Crippen LogP contribution in [0, 0.1) is 0 Å². The third kappa shape index (κ3) is 3.37. The number of hydrogen-bond acceptors (Lipinski definition) is 5. The smallest absolute Gasteiger partial charge is 0.246 e. The van der Waals surface area contributed by atoms with Crippen molar-refractivity contribution in [3.05, 3.63) is 18.2 Å². The van der Waals surface area contributed by atoms with Crippen LogP contribution in [0.2, 0.25) is 0 Å². The van der Waals surface area contributed by atoms with Crippen LogP contribution in [0.5, 0.6) is 11.5 Å². The molecule has 0 unspecified atom stereocenters. The van der Waals surface area contributed by atoms with Crippen molar-refractivity contribution in [2.75, 3.05) is 40.4 Å². The zero-order chi connectivity index (χ0) is 16.3. The molecule has 0 radical (unpaired) electrons. The highest BCUT2D eigenvalue weighted by Crippen LogP contribution is 2.31. The van der Waals surface area contributed by atoms with Crippen molar-refractivity contribution in [3.8, 4) is 11.5 Å². The number of rotatable bonds is 5. The summed E-state index contributed by atoms with van der Waals surface area (Å²) in [5, 5.41) is 0. The van der Waals surface area contributed by atoms with Crippen molar-refractivity contribution < 1.29 is 17.9 Å². The fourth-order valence-corrected chi connectivity index (χ4v) is 4.15. The first-order chi connectivity index (χ1) is 10.4. The molecule has 0 spiro atoms. The van der Waals surface area contributed by atoms with E-state index < -0.39 is 10.0 Å². The summed E-state index contributed by atoms with van der Waals surface area (Å²) in [6.45, 7) is 6.73. The number of benzene rings is 1. The summed E-state index contributed by atoms with van der Waals surface area (Å²) in [5.41, 5.74) is 0. The van der Waals surface area contributed by atoms with Crippen LogP contribution in [-0.2, 0) is 10.0 Å². The van der Waals surface area contributed by atoms with E-state index in [9.17, 15) is 8.42 Å². The van der Waals surface area contributed by atoms with Crippen LogP contribution in [0.4, 0.5) is 0 Å². The molecule has 6 nitrogen and oxygen atoms in total. The van der Waals surface area contributed by atoms with E-state index in [0.29, 0.717) is 30.6 Å². The number of ether oxygens (including phenoxy) is 2. The fraction of sp³-hybridized carbons (Fsp3) is 0.600. The quantitative estimate of drug-likeness (QED) is 0.818. The van der Waals surface area contributed by atoms with Crippen LogP contribution in [-0.4, -0.2) is 64.1 Å². The maximum absolute atomic E-state index is 12.8. The van der Waals surface area contributed by atoms with Crippen molar-refractivity contribution in [1.29, 1.82) is 0 Å². The summed E-state index contributed by atoms with van der Waals surface area (Å²) in [6.07, 6.45) is 0. The van der Waals surface area contributed by atoms with E-state index in [2.05, 4.69) is 18.7 Å². The van der Waals surface area contributed by atoms with Crippen LogP contribution in [0.25, 0.3) is 0 Å². The second kappa shape index (κ2) is 6.85. The maximum atomic E-state index is 12.8. The Morgan fingerprint density at radius 2 is 1.68 bits per heavy atom. The molecule has 1 aromatic carbocycles. The Bertz CT molecular complexity index is 608. The Kier molecular flexibility index (Phi) is 5.31. The number of methoxy groups -OCH3 is 2. The van der Waals surface area contributed by atoms with Gasteiger partial charge in [0.1, 0.15) is 16.4 Å². The molecule has 1 heterocycles. The summed E-state index contributed by atoms with van der Waals surface area (Å²) < 4.78 is 37.5. The topological polar surface area (TPSA) is 59.1 Å². The molecule has 2 rings (SSSR count). The van der Waals surface area contributed by atoms with Crippen LogP contribution in [0.15, 0.2) is 23.1 Å². The normalized spacial score (nSPS) is 17.7. The Labute approximate surface area is 132 Å². The van der Waals surface area contributed by atoms with Crippen molar-refractivity contribution in [1.82, 2.24) is 9.21 Å². The summed E-state index contributed by atoms with van der Waals surface area (Å²) in [5.74, 6) is 0.881. The number of piperazine rings is 1. The van der Waals surface area contributed by atoms with Gasteiger partial charge in [0, 0.05) is 38.3 Å². The second-order valence-corrected chi connectivity index (χ2v) is 7.46. The van der Waals surface area contributed by atoms with Crippen molar-refractivity contribution in [2.45, 2.75) is 24.8 Å². The van der Waals surface area contributed by atoms with Gasteiger partial charge in [-0.2, -0.15) is 4.31 Å². The van der Waals surface area contributed by atoms with Crippen LogP contribution in [0.3, 0.4) is 0 Å². The first-order valence-electron chi connectivity index (χ1n) is 7.36. The van der Waals surface area contributed by atoms with E-state index in [0.717, 1.165) is 13.1 Å². The minimum atomic E-state index is -3.55. The molecule has 1 aromatic rings. The van der Waals surface area contributed by atoms with E-state index in [-0.39, 0.29) is 4.90 Å². The van der Waals surface area contributed by atoms with Crippen molar-refractivity contribution in [2.24, 2.45) is 0 Å². The summed E-state index contributed by atoms with van der Waals surface area (Å²) in [6, 6.07) is 5.21. The first kappa shape index (κ1) is 17.1. The van der Waals surface area contributed by atoms with E-state index in [4.69, 9.17) is 9.47 Å². The Morgan fingerprint density at radius 1 is 1.05 bits per heavy atom. The van der Waals surface area contributed by atoms with E-state index in [1.165, 1.54) is 18.5 Å². The molecule has 22 heavy (non-hydrogen) atoms. The highest BCUT2D eigenvalue weighted by atomic mass is 32.2. The minimum absolute atomic E-state index is 0.189. The zero-order valence-corrected chi connectivity index (χ0v) is 14.4. The van der Waals surface area contributed by atoms with E-state index >= 15 is 0 Å². The molecule has 0 N–H and O–H groups in total. The monoisotopic (exact) mass is 328 g/mol. The molecule has 124 valence electrons. The molecule has 0 aliphatic carbocycles. The van der Waals surface area contributed by atoms with Gasteiger partial charge in [0.25, 0.3) is 0 Å². The lowest BCUT2D eigenvalue weighted by Crippen LogP contribution is -2.50. The number of sulfonamides is 1. The summed E-state index contributed by atoms with van der Waals surface area (Å²) in [4.78, 5) is 2.46. The minimum Gasteiger partial charge on any atom is -0.497 e. The molecular formula is C15H24N2O4S. The largest absolute Gasteiger partial charge is 0.497 e. The standard InChI is InChI=1S/C15H24N2O4S/c1-12(2)16-7-9-17(10-8-16)22(18,19)15-6-5-13(20-3)11-14(15)21-4/h5-6,11-12H,7-10H2,1-4H3. The fourth-order valence-electron chi connectivity index (χ4n) is 2.59. The van der Waals surface area contributed by atoms with Gasteiger partial charge in [0.05, 0.1) is 14.2 Å². The van der Waals surface area contributed by atoms with Gasteiger partial charge in [-0.15, -0.1) is 0 Å². The average molecular weight is 328 g/mol. The van der Waals surface area contributed by atoms with Gasteiger partial charge in [0.2, 0.25) is 10.0 Å². The highest BCUT2D eigenvalue weighted by molar-refractivity contribution is 7.89. The Morgan fingerprint density at radius 3 is 2.18 bits per heavy atom. The van der Waals surface area contributed by atoms with Gasteiger partial charge in [-0.25, -0.2) is 8.42 Å². The highest BCUT2D eigenvalue weighted by Gasteiger charge is 2.31. The Hall–Kier alpha value is -1.31. The molecule has 7 heteroatoms. The van der Waals surface area contributed by atoms with Crippen LogP contribution in [0.1, 0.15) is 13.8 Å². The van der Waals surface area contributed by atoms with Gasteiger partial charge >= 0.3 is 0 Å². The van der Waals surface area contributed by atoms with Gasteiger partial charge in [-0.1, -0.05) is 0 Å². The molecule has 0 amide bonds. The van der Waals surface area contributed by atoms with E-state index in [1.807, 2.05) is 0 Å². The predicted octanol–water partition coefficient (Wildman–Crippen LogP) is 1.42. The van der Waals surface area contributed by atoms with Crippen molar-refractivity contribution >= 4 is 10.0 Å². The van der Waals surface area contributed by atoms with Gasteiger partial charge in [0.15, 0.2) is 0 Å². The summed E-state index contributed by atoms with van der Waals surface area (Å²) in [7, 11) is -0.554. The first-order valence-corrected chi connectivity index (χ1v) is 8.80. The molecule has 1 fully saturated rings. The third-order valence-corrected chi connectivity index (χ3v) is 5.93. The predicted molar refractivity (Wildman–Crippen MR) is 85.0 cm³/mol. The lowest BCUT2D eigenvalue weighted by atomic mass is 10.3. The molecule has 1 saturated heterocycles. The summed E-state index contributed by atoms with van der Waals surface area (Å²) >= 11 is 0. The second-order valence-electron chi connectivity index (χ2n) is 5.55. The maximum Gasteiger partial charge on any atom is 0.246 e. The number of nitrogens with zero attached hydrogens (tertiary/aromatic N) is 2. The molecule has 0 atom stereocenters. The van der Waals surface area contributed by atoms with Gasteiger partial charge in [-0.3, -0.25) is 4.90 Å². The third-order valence-electron chi connectivity index (χ3n) is 3.99. The molecule has 0 saturated carbocycles. The Balaban J connectivity index is 2.24. The number of hydrogen-bond donors (Lipinski definition) is 0. The molecule has 0 bridgehead atoms. The average Bonchev–Trinajstić information content (AvgIpc) is 2.54. The van der Waals surface area contributed by atoms with Crippen LogP contribution < -0.4 is 9.47 Å². The molecule has 1 aliphatic rings. The molecule has 0 aromatic heterocycles. The van der Waals surface area contributed by atoms with Gasteiger partial charge in [-0.05, 0) is 26.0 Å². The SMILES string of the molecule is COc1ccc(S(=O)(=O)N2CCN(C(C)C)CC2)c(OC)c1.